The van der Waals surface area contributed by atoms with Crippen molar-refractivity contribution in [3.05, 3.63) is 36.5 Å². The van der Waals surface area contributed by atoms with Gasteiger partial charge in [0.2, 0.25) is 0 Å². The fourth-order valence-electron chi connectivity index (χ4n) is 22.2. The van der Waals surface area contributed by atoms with Crippen LogP contribution in [0.5, 0.6) is 0 Å². The number of hydrogen-bond acceptors (Lipinski definition) is 0. The van der Waals surface area contributed by atoms with Crippen molar-refractivity contribution in [2.24, 2.45) is 82.9 Å². The molecule has 23 aliphatic rings. The van der Waals surface area contributed by atoms with Gasteiger partial charge < -0.3 is 0 Å². The monoisotopic (exact) mass is 1310 g/mol. The summed E-state index contributed by atoms with van der Waals surface area (Å²) in [6.45, 7) is 0. The summed E-state index contributed by atoms with van der Waals surface area (Å²) >= 11 is 0. The Morgan fingerprint density at radius 3 is 0.411 bits per heavy atom. The van der Waals surface area contributed by atoms with Gasteiger partial charge in [0.1, 0.15) is 0 Å². The van der Waals surface area contributed by atoms with Crippen LogP contribution >= 0.6 is 0 Å². The Bertz CT molecular complexity index is 1600. The molecule has 0 radical (unpaired) electrons. The molecule has 0 aromatic carbocycles. The minimum Gasteiger partial charge on any atom is -0.0885 e. The van der Waals surface area contributed by atoms with Crippen LogP contribution in [0.4, 0.5) is 0 Å². The van der Waals surface area contributed by atoms with Crippen LogP contribution < -0.4 is 0 Å². The van der Waals surface area contributed by atoms with Gasteiger partial charge in [0.25, 0.3) is 0 Å². The van der Waals surface area contributed by atoms with Crippen LogP contribution in [0.3, 0.4) is 0 Å². The van der Waals surface area contributed by atoms with Gasteiger partial charge in [0.05, 0.1) is 0 Å². The highest BCUT2D eigenvalue weighted by Crippen LogP contribution is 2.54. The van der Waals surface area contributed by atoms with E-state index in [0.29, 0.717) is 0 Å². The summed E-state index contributed by atoms with van der Waals surface area (Å²) in [5.74, 6) is 16.3. The molecule has 20 fully saturated rings. The summed E-state index contributed by atoms with van der Waals surface area (Å²) in [4.78, 5) is 0. The first-order valence-electron chi connectivity index (χ1n) is 46.1. The molecule has 23 rings (SSSR count). The van der Waals surface area contributed by atoms with Crippen molar-refractivity contribution >= 4 is 0 Å². The van der Waals surface area contributed by atoms with E-state index in [-0.39, 0.29) is 0 Å². The van der Waals surface area contributed by atoms with Crippen molar-refractivity contribution < 1.29 is 0 Å². The van der Waals surface area contributed by atoms with Gasteiger partial charge in [-0.1, -0.05) is 402 Å². The highest BCUT2D eigenvalue weighted by molar-refractivity contribution is 4.94. The lowest BCUT2D eigenvalue weighted by molar-refractivity contribution is 0.0198. The summed E-state index contributed by atoms with van der Waals surface area (Å²) in [6.07, 6.45) is 127. The molecule has 95 heavy (non-hydrogen) atoms. The highest BCUT2D eigenvalue weighted by Gasteiger charge is 2.42. The van der Waals surface area contributed by atoms with E-state index in [1.54, 1.807) is 186 Å². The molecule has 0 saturated heterocycles. The van der Waals surface area contributed by atoms with E-state index in [2.05, 4.69) is 36.5 Å². The van der Waals surface area contributed by atoms with E-state index in [4.69, 9.17) is 0 Å². The van der Waals surface area contributed by atoms with Gasteiger partial charge in [-0.25, -0.2) is 0 Å². The minimum absolute atomic E-state index is 1.15. The Balaban J connectivity index is 0.000000132. The van der Waals surface area contributed by atoms with E-state index >= 15 is 0 Å². The molecule has 0 heterocycles. The molecule has 0 heteroatoms. The van der Waals surface area contributed by atoms with Crippen molar-refractivity contribution in [2.45, 2.75) is 482 Å². The average Bonchev–Trinajstić information content (AvgIpc) is 1.83. The second-order valence-corrected chi connectivity index (χ2v) is 36.8. The Kier molecular flexibility index (Phi) is 44.6. The Morgan fingerprint density at radius 2 is 0.253 bits per heavy atom. The molecule has 20 saturated carbocycles. The Hall–Kier alpha value is -0.780. The molecule has 0 unspecified atom stereocenters. The Labute approximate surface area is 597 Å². The standard InChI is InChI=1S/C10H16.C10H18.C9H16.2C8H14.C7H12.C7H14.C7H12.C6H12.C6H10.C5H10.C5H8.C4H8.C3H6/c1-7-2-9-4-8(1)5-10(3-7)6-9;1-2-6-10-8-4-3-7-9(10)5-1;1-2-5-9-7-3-6-8(9)4-1;1-3-7-5-2-6-8(7)4-1;1-2-8-5-3-7(1)4-6-8;1-2-7-4-3-6(1)5-7;2*1-2-4-6-7-5-3-1;2*1-2-4-6-5-3-1;2*1-2-4-5-3-1;1-2-4-3-1;1-2-3-1/h7-10H,1-6H2;9-10H,1-8H2;8-9H,1-7H2;2*7-8H,1-6H2;6-7H,1-5H2;1-7H2;1-2H,3-7H2;1-6H2;1-2H,3-6H2;1-5H2;1-2H,3-5H2;1-4H2;1-3H2/t;;8-,9+;;;;;;;;;;;. The molecule has 0 aromatic rings. The molecular weight excluding hydrogens is 1140 g/mol. The first-order chi connectivity index (χ1) is 47.2. The van der Waals surface area contributed by atoms with Gasteiger partial charge in [-0.2, -0.15) is 0 Å². The number of hydrogen-bond donors (Lipinski definition) is 0. The fraction of sp³-hybridized carbons (Fsp3) is 0.937. The second-order valence-electron chi connectivity index (χ2n) is 36.8. The molecule has 2 atom stereocenters. The fourth-order valence-corrected chi connectivity index (χ4v) is 22.2. The van der Waals surface area contributed by atoms with Gasteiger partial charge in [-0.3, -0.25) is 0 Å². The molecule has 0 aromatic heterocycles. The van der Waals surface area contributed by atoms with Crippen LogP contribution in [0.1, 0.15) is 482 Å². The maximum Gasteiger partial charge on any atom is -0.0348 e. The summed E-state index contributed by atoms with van der Waals surface area (Å²) in [5, 5.41) is 0. The van der Waals surface area contributed by atoms with E-state index in [1.165, 1.54) is 355 Å². The van der Waals surface area contributed by atoms with Crippen molar-refractivity contribution in [1.29, 1.82) is 0 Å². The van der Waals surface area contributed by atoms with Crippen molar-refractivity contribution in [3.8, 4) is 0 Å². The third kappa shape index (κ3) is 37.3. The summed E-state index contributed by atoms with van der Waals surface area (Å²) < 4.78 is 0. The van der Waals surface area contributed by atoms with Gasteiger partial charge in [0, 0.05) is 0 Å². The molecular formula is C95H170. The van der Waals surface area contributed by atoms with Crippen LogP contribution in [0, 0.1) is 82.9 Å². The van der Waals surface area contributed by atoms with Crippen LogP contribution in [0.25, 0.3) is 0 Å². The zero-order valence-corrected chi connectivity index (χ0v) is 64.6. The van der Waals surface area contributed by atoms with Gasteiger partial charge in [-0.15, -0.1) is 0 Å². The first-order valence-corrected chi connectivity index (χ1v) is 46.1. The Morgan fingerprint density at radius 1 is 0.105 bits per heavy atom. The smallest absolute Gasteiger partial charge is 0.0348 e. The topological polar surface area (TPSA) is 0 Å². The minimum atomic E-state index is 1.15. The zero-order valence-electron chi connectivity index (χ0n) is 64.6. The maximum absolute atomic E-state index is 2.30. The van der Waals surface area contributed by atoms with Crippen molar-refractivity contribution in [1.82, 2.24) is 0 Å². The van der Waals surface area contributed by atoms with Crippen LogP contribution in [0.15, 0.2) is 36.5 Å². The van der Waals surface area contributed by atoms with E-state index < -0.39 is 0 Å². The quantitative estimate of drug-likeness (QED) is 0.168. The van der Waals surface area contributed by atoms with Gasteiger partial charge in [0.15, 0.2) is 0 Å². The molecule has 8 bridgehead atoms. The van der Waals surface area contributed by atoms with Gasteiger partial charge >= 0.3 is 0 Å². The van der Waals surface area contributed by atoms with E-state index in [9.17, 15) is 0 Å². The molecule has 550 valence electrons. The van der Waals surface area contributed by atoms with Crippen LogP contribution in [-0.2, 0) is 0 Å². The lowest BCUT2D eigenvalue weighted by atomic mass is 9.56. The van der Waals surface area contributed by atoms with E-state index in [1.807, 2.05) is 0 Å². The van der Waals surface area contributed by atoms with Crippen LogP contribution in [-0.4, -0.2) is 0 Å². The SMILES string of the molecule is C1=CCCC1.C1=CCCCC1.C1=CCCCCC1.C1C2CC3CC1CC(C2)C3.C1CC1.C1CC2CCC1C2.C1CC2CCC1CC2.C1CC2CCCC2C1.C1CCC1.C1CCC2CCCCC2C1.C1CCCC1.C1CCCCC1.C1CCCCCC1.C1CC[C@H]2CCC[C@H]2C1. The summed E-state index contributed by atoms with van der Waals surface area (Å²) in [7, 11) is 0. The lowest BCUT2D eigenvalue weighted by Gasteiger charge is -2.49. The maximum atomic E-state index is 2.30. The second kappa shape index (κ2) is 53.1. The third-order valence-electron chi connectivity index (χ3n) is 28.6. The predicted molar refractivity (Wildman–Crippen MR) is 423 cm³/mol. The molecule has 23 aliphatic carbocycles. The van der Waals surface area contributed by atoms with Gasteiger partial charge in [-0.05, 0) is 198 Å². The molecule has 0 aliphatic heterocycles. The van der Waals surface area contributed by atoms with E-state index in [0.717, 1.165) is 23.7 Å². The highest BCUT2D eigenvalue weighted by atomic mass is 14.5. The van der Waals surface area contributed by atoms with Crippen molar-refractivity contribution in [3.63, 3.8) is 0 Å². The molecule has 0 nitrogen and oxygen atoms in total. The molecule has 0 spiro atoms. The predicted octanol–water partition coefficient (Wildman–Crippen LogP) is 32.6. The largest absolute Gasteiger partial charge is 0.0885 e. The zero-order chi connectivity index (χ0) is 65.4. The molecule has 0 amide bonds. The lowest BCUT2D eigenvalue weighted by Crippen LogP contribution is -2.38. The number of rotatable bonds is 0. The average molecular weight is 1310 g/mol. The number of allylic oxidation sites excluding steroid dienone is 6. The summed E-state index contributed by atoms with van der Waals surface area (Å²) in [5.41, 5.74) is 0. The molecule has 0 N–H and O–H groups in total. The van der Waals surface area contributed by atoms with Crippen molar-refractivity contribution in [2.75, 3.05) is 0 Å². The first kappa shape index (κ1) is 79.9. The normalized spacial score (nSPS) is 35.9. The third-order valence-corrected chi connectivity index (χ3v) is 28.6. The van der Waals surface area contributed by atoms with Crippen LogP contribution in [0.2, 0.25) is 0 Å². The number of fused-ring (bicyclic) bond motifs is 8. The summed E-state index contributed by atoms with van der Waals surface area (Å²) in [6, 6.07) is 0.